The second-order valence-electron chi connectivity index (χ2n) is 6.03. The Hall–Kier alpha value is -2.11. The minimum absolute atomic E-state index is 0.0636. The van der Waals surface area contributed by atoms with Crippen LogP contribution in [-0.2, 0) is 0 Å². The number of aromatic nitrogens is 3. The topological polar surface area (TPSA) is 75.0 Å². The van der Waals surface area contributed by atoms with Gasteiger partial charge in [0.05, 0.1) is 5.69 Å². The minimum atomic E-state index is -0.0636. The predicted molar refractivity (Wildman–Crippen MR) is 81.7 cm³/mol. The van der Waals surface area contributed by atoms with Crippen molar-refractivity contribution in [1.82, 2.24) is 20.3 Å². The molecule has 1 saturated heterocycles. The highest BCUT2D eigenvalue weighted by Gasteiger charge is 2.28. The predicted octanol–water partition coefficient (Wildman–Crippen LogP) is 2.93. The van der Waals surface area contributed by atoms with Crippen molar-refractivity contribution in [2.24, 2.45) is 0 Å². The first kappa shape index (κ1) is 14.8. The lowest BCUT2D eigenvalue weighted by Gasteiger charge is -2.31. The van der Waals surface area contributed by atoms with E-state index in [0.717, 1.165) is 37.2 Å². The van der Waals surface area contributed by atoms with Crippen molar-refractivity contribution in [3.63, 3.8) is 0 Å². The molecule has 2 aromatic heterocycles. The van der Waals surface area contributed by atoms with Crippen molar-refractivity contribution in [2.75, 3.05) is 13.1 Å². The second-order valence-corrected chi connectivity index (χ2v) is 6.03. The zero-order chi connectivity index (χ0) is 15.5. The fourth-order valence-electron chi connectivity index (χ4n) is 2.90. The molecule has 6 heteroatoms. The highest BCUT2D eigenvalue weighted by atomic mass is 16.5. The van der Waals surface area contributed by atoms with Crippen molar-refractivity contribution >= 4 is 5.91 Å². The van der Waals surface area contributed by atoms with Gasteiger partial charge in [-0.25, -0.2) is 0 Å². The number of H-pyrrole nitrogens is 1. The number of nitrogens with zero attached hydrogens (tertiary/aromatic N) is 3. The van der Waals surface area contributed by atoms with Gasteiger partial charge in [0.15, 0.2) is 0 Å². The fraction of sp³-hybridized carbons (Fsp3) is 0.562. The first-order valence-corrected chi connectivity index (χ1v) is 7.94. The molecule has 0 radical (unpaired) electrons. The third kappa shape index (κ3) is 2.91. The van der Waals surface area contributed by atoms with Gasteiger partial charge >= 0.3 is 0 Å². The van der Waals surface area contributed by atoms with E-state index >= 15 is 0 Å². The molecule has 0 aromatic carbocycles. The van der Waals surface area contributed by atoms with Gasteiger partial charge < -0.3 is 9.42 Å². The number of hydrogen-bond donors (Lipinski definition) is 1. The lowest BCUT2D eigenvalue weighted by atomic mass is 9.95. The van der Waals surface area contributed by atoms with E-state index in [1.54, 1.807) is 12.3 Å². The average molecular weight is 302 g/mol. The van der Waals surface area contributed by atoms with E-state index in [4.69, 9.17) is 4.52 Å². The van der Waals surface area contributed by atoms with E-state index in [2.05, 4.69) is 29.2 Å². The number of hydrogen-bond acceptors (Lipinski definition) is 4. The summed E-state index contributed by atoms with van der Waals surface area (Å²) in [5.41, 5.74) is 1.95. The Morgan fingerprint density at radius 1 is 1.59 bits per heavy atom. The molecule has 1 amide bonds. The van der Waals surface area contributed by atoms with Crippen molar-refractivity contribution in [2.45, 2.75) is 44.9 Å². The molecule has 1 N–H and O–H groups in total. The molecule has 0 unspecified atom stereocenters. The van der Waals surface area contributed by atoms with E-state index in [-0.39, 0.29) is 5.91 Å². The number of carbonyl (C=O) groups is 1. The van der Waals surface area contributed by atoms with Crippen LogP contribution >= 0.6 is 0 Å². The number of likely N-dealkylation sites (tertiary alicyclic amines) is 1. The summed E-state index contributed by atoms with van der Waals surface area (Å²) in [6.07, 6.45) is 4.79. The molecule has 6 nitrogen and oxygen atoms in total. The van der Waals surface area contributed by atoms with Crippen molar-refractivity contribution in [1.29, 1.82) is 0 Å². The molecule has 2 atom stereocenters. The maximum absolute atomic E-state index is 12.6. The number of carbonyl (C=O) groups excluding carboxylic acids is 1. The summed E-state index contributed by atoms with van der Waals surface area (Å²) < 4.78 is 5.27. The maximum Gasteiger partial charge on any atom is 0.292 e. The first-order valence-electron chi connectivity index (χ1n) is 7.94. The molecule has 1 aliphatic rings. The van der Waals surface area contributed by atoms with E-state index in [1.807, 2.05) is 11.0 Å². The van der Waals surface area contributed by atoms with Crippen LogP contribution in [0.1, 0.15) is 66.9 Å². The Kier molecular flexibility index (Phi) is 4.27. The number of amides is 1. The van der Waals surface area contributed by atoms with Gasteiger partial charge in [-0.15, -0.1) is 0 Å². The summed E-state index contributed by atoms with van der Waals surface area (Å²) in [7, 11) is 0. The molecule has 3 rings (SSSR count). The lowest BCUT2D eigenvalue weighted by molar-refractivity contribution is 0.0663. The standard InChI is InChI=1S/C16H22N4O2/c1-3-11(2)14-9-15(22-19-14)16(21)20-8-4-5-12(10-20)13-6-7-17-18-13/h6-7,9,11-12H,3-5,8,10H2,1-2H3,(H,17,18)/t11-,12-/m1/s1. The van der Waals surface area contributed by atoms with Crippen LogP contribution in [0.15, 0.2) is 22.9 Å². The third-order valence-electron chi connectivity index (χ3n) is 4.53. The summed E-state index contributed by atoms with van der Waals surface area (Å²) in [6, 6.07) is 3.77. The molecule has 118 valence electrons. The van der Waals surface area contributed by atoms with Gasteiger partial charge in [0, 0.05) is 42.9 Å². The van der Waals surface area contributed by atoms with Crippen molar-refractivity contribution in [3.05, 3.63) is 35.5 Å². The van der Waals surface area contributed by atoms with Gasteiger partial charge in [-0.3, -0.25) is 9.89 Å². The number of aromatic amines is 1. The Morgan fingerprint density at radius 3 is 3.18 bits per heavy atom. The largest absolute Gasteiger partial charge is 0.351 e. The normalized spacial score (nSPS) is 20.1. The Labute approximate surface area is 129 Å². The van der Waals surface area contributed by atoms with Gasteiger partial charge in [-0.2, -0.15) is 5.10 Å². The van der Waals surface area contributed by atoms with E-state index in [1.165, 1.54) is 0 Å². The van der Waals surface area contributed by atoms with Gasteiger partial charge in [0.1, 0.15) is 0 Å². The van der Waals surface area contributed by atoms with Crippen LogP contribution in [0.3, 0.4) is 0 Å². The van der Waals surface area contributed by atoms with Gasteiger partial charge in [0.2, 0.25) is 5.76 Å². The monoisotopic (exact) mass is 302 g/mol. The van der Waals surface area contributed by atoms with E-state index in [0.29, 0.717) is 24.1 Å². The fourth-order valence-corrected chi connectivity index (χ4v) is 2.90. The van der Waals surface area contributed by atoms with Crippen LogP contribution in [0.2, 0.25) is 0 Å². The van der Waals surface area contributed by atoms with Gasteiger partial charge in [-0.05, 0) is 25.3 Å². The quantitative estimate of drug-likeness (QED) is 0.942. The zero-order valence-corrected chi connectivity index (χ0v) is 13.1. The van der Waals surface area contributed by atoms with Crippen LogP contribution < -0.4 is 0 Å². The molecule has 1 fully saturated rings. The maximum atomic E-state index is 12.6. The van der Waals surface area contributed by atoms with Crippen LogP contribution in [0, 0.1) is 0 Å². The smallest absolute Gasteiger partial charge is 0.292 e. The highest BCUT2D eigenvalue weighted by Crippen LogP contribution is 2.27. The molecule has 0 spiro atoms. The average Bonchev–Trinajstić information content (AvgIpc) is 3.25. The number of rotatable bonds is 4. The van der Waals surface area contributed by atoms with Gasteiger partial charge in [0.25, 0.3) is 5.91 Å². The molecule has 0 bridgehead atoms. The summed E-state index contributed by atoms with van der Waals surface area (Å²) in [4.78, 5) is 14.5. The molecule has 3 heterocycles. The molecule has 22 heavy (non-hydrogen) atoms. The molecule has 2 aromatic rings. The Balaban J connectivity index is 1.70. The van der Waals surface area contributed by atoms with Crippen molar-refractivity contribution in [3.8, 4) is 0 Å². The summed E-state index contributed by atoms with van der Waals surface area (Å²) in [5.74, 6) is 0.911. The first-order chi connectivity index (χ1) is 10.7. The number of nitrogens with one attached hydrogen (secondary N) is 1. The molecule has 1 aliphatic heterocycles. The summed E-state index contributed by atoms with van der Waals surface area (Å²) in [5, 5.41) is 11.0. The van der Waals surface area contributed by atoms with Crippen LogP contribution in [0.25, 0.3) is 0 Å². The second kappa shape index (κ2) is 6.34. The van der Waals surface area contributed by atoms with Crippen LogP contribution in [0.5, 0.6) is 0 Å². The lowest BCUT2D eigenvalue weighted by Crippen LogP contribution is -2.39. The Morgan fingerprint density at radius 2 is 2.45 bits per heavy atom. The highest BCUT2D eigenvalue weighted by molar-refractivity contribution is 5.91. The number of piperidine rings is 1. The van der Waals surface area contributed by atoms with Crippen LogP contribution in [-0.4, -0.2) is 39.3 Å². The third-order valence-corrected chi connectivity index (χ3v) is 4.53. The molecular formula is C16H22N4O2. The van der Waals surface area contributed by atoms with E-state index < -0.39 is 0 Å². The summed E-state index contributed by atoms with van der Waals surface area (Å²) >= 11 is 0. The minimum Gasteiger partial charge on any atom is -0.351 e. The van der Waals surface area contributed by atoms with Gasteiger partial charge in [-0.1, -0.05) is 19.0 Å². The summed E-state index contributed by atoms with van der Waals surface area (Å²) in [6.45, 7) is 5.64. The van der Waals surface area contributed by atoms with Crippen molar-refractivity contribution < 1.29 is 9.32 Å². The SMILES string of the molecule is CC[C@@H](C)c1cc(C(=O)N2CCC[C@@H](c3ccn[nH]3)C2)on1. The van der Waals surface area contributed by atoms with E-state index in [9.17, 15) is 4.79 Å². The molecule has 0 saturated carbocycles. The zero-order valence-electron chi connectivity index (χ0n) is 13.1. The molecule has 0 aliphatic carbocycles. The molecular weight excluding hydrogens is 280 g/mol. The Bertz CT molecular complexity index is 620. The van der Waals surface area contributed by atoms with Crippen LogP contribution in [0.4, 0.5) is 0 Å².